The Morgan fingerprint density at radius 1 is 0.864 bits per heavy atom. The Kier molecular flexibility index (Phi) is 5.39. The molecule has 0 aromatic carbocycles. The van der Waals surface area contributed by atoms with Gasteiger partial charge in [0, 0.05) is 28.8 Å². The fraction of sp³-hybridized carbons (Fsp3) is 0.556. The van der Waals surface area contributed by atoms with Gasteiger partial charge in [0.05, 0.1) is 0 Å². The lowest BCUT2D eigenvalue weighted by atomic mass is 9.80. The van der Waals surface area contributed by atoms with E-state index in [1.54, 1.807) is 0 Å². The quantitative estimate of drug-likeness (QED) is 0.773. The van der Waals surface area contributed by atoms with Gasteiger partial charge < -0.3 is 10.3 Å². The minimum Gasteiger partial charge on any atom is -0.351 e. The van der Waals surface area contributed by atoms with E-state index < -0.39 is 0 Å². The molecule has 0 unspecified atom stereocenters. The first-order chi connectivity index (χ1) is 9.99. The molecule has 0 bridgehead atoms. The molecular formula is C18H28N2O2. The van der Waals surface area contributed by atoms with Crippen LogP contribution in [-0.2, 0) is 4.79 Å². The highest BCUT2D eigenvalue weighted by atomic mass is 16.1. The zero-order valence-corrected chi connectivity index (χ0v) is 15.0. The maximum Gasteiger partial charge on any atom is 0.251 e. The topological polar surface area (TPSA) is 62.0 Å². The first-order valence-corrected chi connectivity index (χ1v) is 7.62. The van der Waals surface area contributed by atoms with Crippen LogP contribution in [0.5, 0.6) is 0 Å². The van der Waals surface area contributed by atoms with Crippen LogP contribution in [0.1, 0.15) is 50.1 Å². The van der Waals surface area contributed by atoms with E-state index in [2.05, 4.69) is 24.1 Å². The SMILES string of the molecule is CC1=C(C)C(C)(C)CNC1=O.Cc1[nH]c(=O)c(C)c(C)c1C. The number of H-pyrrole nitrogens is 1. The Hall–Kier alpha value is -1.84. The van der Waals surface area contributed by atoms with Crippen LogP contribution < -0.4 is 10.9 Å². The predicted octanol–water partition coefficient (Wildman–Crippen LogP) is 3.09. The third kappa shape index (κ3) is 3.67. The fourth-order valence-corrected chi connectivity index (χ4v) is 2.33. The number of carbonyl (C=O) groups excluding carboxylic acids is 1. The molecule has 4 heteroatoms. The highest BCUT2D eigenvalue weighted by Crippen LogP contribution is 2.30. The van der Waals surface area contributed by atoms with Gasteiger partial charge in [-0.3, -0.25) is 9.59 Å². The predicted molar refractivity (Wildman–Crippen MR) is 91.2 cm³/mol. The minimum absolute atomic E-state index is 0.0330. The van der Waals surface area contributed by atoms with E-state index in [0.717, 1.165) is 28.9 Å². The van der Waals surface area contributed by atoms with Gasteiger partial charge in [-0.05, 0) is 52.7 Å². The molecule has 1 aliphatic rings. The van der Waals surface area contributed by atoms with Gasteiger partial charge in [-0.15, -0.1) is 0 Å². The van der Waals surface area contributed by atoms with Crippen molar-refractivity contribution in [2.24, 2.45) is 5.41 Å². The van der Waals surface area contributed by atoms with Crippen molar-refractivity contribution in [2.45, 2.75) is 55.4 Å². The van der Waals surface area contributed by atoms with E-state index >= 15 is 0 Å². The second kappa shape index (κ2) is 6.51. The van der Waals surface area contributed by atoms with Crippen LogP contribution in [-0.4, -0.2) is 17.4 Å². The van der Waals surface area contributed by atoms with Crippen molar-refractivity contribution in [3.8, 4) is 0 Å². The molecule has 0 atom stereocenters. The lowest BCUT2D eigenvalue weighted by Gasteiger charge is -2.32. The van der Waals surface area contributed by atoms with Gasteiger partial charge in [0.25, 0.3) is 5.56 Å². The standard InChI is InChI=1S/C9H15NO.C9H13NO/c1-6-7(2)9(3,4)5-10-8(6)11;1-5-6(2)8(4)10-9(11)7(5)3/h5H2,1-4H3,(H,10,11);1-4H3,(H,10,11). The van der Waals surface area contributed by atoms with Crippen molar-refractivity contribution in [1.29, 1.82) is 0 Å². The average molecular weight is 304 g/mol. The Balaban J connectivity index is 0.000000220. The maximum atomic E-state index is 11.2. The Bertz CT molecular complexity index is 679. The fourth-order valence-electron chi connectivity index (χ4n) is 2.33. The molecule has 0 fully saturated rings. The average Bonchev–Trinajstić information content (AvgIpc) is 2.46. The molecule has 4 nitrogen and oxygen atoms in total. The molecule has 0 aliphatic carbocycles. The number of amides is 1. The summed E-state index contributed by atoms with van der Waals surface area (Å²) in [7, 11) is 0. The minimum atomic E-state index is 0.0330. The van der Waals surface area contributed by atoms with Gasteiger partial charge in [0.15, 0.2) is 0 Å². The van der Waals surface area contributed by atoms with Crippen molar-refractivity contribution < 1.29 is 4.79 Å². The first kappa shape index (κ1) is 18.2. The third-order valence-electron chi connectivity index (χ3n) is 4.94. The molecule has 1 amide bonds. The van der Waals surface area contributed by atoms with Gasteiger partial charge in [-0.1, -0.05) is 19.4 Å². The summed E-state index contributed by atoms with van der Waals surface area (Å²) in [4.78, 5) is 25.1. The lowest BCUT2D eigenvalue weighted by molar-refractivity contribution is -0.118. The molecule has 122 valence electrons. The second-order valence-corrected chi connectivity index (χ2v) is 6.77. The number of carbonyl (C=O) groups is 1. The van der Waals surface area contributed by atoms with Crippen LogP contribution in [0.25, 0.3) is 0 Å². The molecule has 0 radical (unpaired) electrons. The van der Waals surface area contributed by atoms with E-state index in [1.807, 2.05) is 41.5 Å². The number of aromatic nitrogens is 1. The number of pyridine rings is 1. The van der Waals surface area contributed by atoms with Gasteiger partial charge in [-0.25, -0.2) is 0 Å². The molecule has 1 aromatic heterocycles. The molecule has 1 aromatic rings. The molecular weight excluding hydrogens is 276 g/mol. The summed E-state index contributed by atoms with van der Waals surface area (Å²) >= 11 is 0. The molecule has 0 spiro atoms. The number of rotatable bonds is 0. The van der Waals surface area contributed by atoms with E-state index in [4.69, 9.17) is 0 Å². The summed E-state index contributed by atoms with van der Waals surface area (Å²) in [6.45, 7) is 16.7. The molecule has 2 heterocycles. The smallest absolute Gasteiger partial charge is 0.251 e. The first-order valence-electron chi connectivity index (χ1n) is 7.62. The monoisotopic (exact) mass is 304 g/mol. The molecule has 1 aliphatic heterocycles. The third-order valence-corrected chi connectivity index (χ3v) is 4.94. The van der Waals surface area contributed by atoms with Crippen LogP contribution in [0.3, 0.4) is 0 Å². The van der Waals surface area contributed by atoms with Crippen molar-refractivity contribution >= 4 is 5.91 Å². The second-order valence-electron chi connectivity index (χ2n) is 6.77. The molecule has 0 saturated carbocycles. The van der Waals surface area contributed by atoms with Gasteiger partial charge in [-0.2, -0.15) is 0 Å². The van der Waals surface area contributed by atoms with Crippen molar-refractivity contribution in [3.05, 3.63) is 43.9 Å². The summed E-state index contributed by atoms with van der Waals surface area (Å²) in [6.07, 6.45) is 0. The van der Waals surface area contributed by atoms with E-state index in [9.17, 15) is 9.59 Å². The zero-order valence-electron chi connectivity index (χ0n) is 15.0. The van der Waals surface area contributed by atoms with E-state index in [1.165, 1.54) is 11.1 Å². The summed E-state index contributed by atoms with van der Waals surface area (Å²) in [5.41, 5.74) is 6.34. The van der Waals surface area contributed by atoms with E-state index in [-0.39, 0.29) is 16.9 Å². The van der Waals surface area contributed by atoms with Crippen molar-refractivity contribution in [3.63, 3.8) is 0 Å². The van der Waals surface area contributed by atoms with E-state index in [0.29, 0.717) is 0 Å². The number of hydrogen-bond acceptors (Lipinski definition) is 2. The summed E-state index contributed by atoms with van der Waals surface area (Å²) in [5, 5.41) is 2.86. The Morgan fingerprint density at radius 2 is 1.41 bits per heavy atom. The highest BCUT2D eigenvalue weighted by molar-refractivity contribution is 5.94. The zero-order chi connectivity index (χ0) is 17.2. The summed E-state index contributed by atoms with van der Waals surface area (Å²) in [5.74, 6) is 0.0850. The lowest BCUT2D eigenvalue weighted by Crippen LogP contribution is -2.40. The Morgan fingerprint density at radius 3 is 1.91 bits per heavy atom. The number of aryl methyl sites for hydroxylation is 1. The summed E-state index contributed by atoms with van der Waals surface area (Å²) < 4.78 is 0. The normalized spacial score (nSPS) is 16.8. The summed E-state index contributed by atoms with van der Waals surface area (Å²) in [6, 6.07) is 0. The van der Waals surface area contributed by atoms with Gasteiger partial charge in [0.1, 0.15) is 0 Å². The van der Waals surface area contributed by atoms with Crippen LogP contribution >= 0.6 is 0 Å². The molecule has 22 heavy (non-hydrogen) atoms. The van der Waals surface area contributed by atoms with Crippen LogP contribution in [0.15, 0.2) is 15.9 Å². The molecule has 0 saturated heterocycles. The van der Waals surface area contributed by atoms with Crippen molar-refractivity contribution in [1.82, 2.24) is 10.3 Å². The molecule has 2 rings (SSSR count). The largest absolute Gasteiger partial charge is 0.351 e. The van der Waals surface area contributed by atoms with Gasteiger partial charge >= 0.3 is 0 Å². The Labute approximate surface area is 133 Å². The number of hydrogen-bond donors (Lipinski definition) is 2. The van der Waals surface area contributed by atoms with Crippen LogP contribution in [0.4, 0.5) is 0 Å². The highest BCUT2D eigenvalue weighted by Gasteiger charge is 2.28. The van der Waals surface area contributed by atoms with Gasteiger partial charge in [0.2, 0.25) is 5.91 Å². The number of aromatic amines is 1. The number of nitrogens with one attached hydrogen (secondary N) is 2. The maximum absolute atomic E-state index is 11.2. The van der Waals surface area contributed by atoms with Crippen LogP contribution in [0.2, 0.25) is 0 Å². The van der Waals surface area contributed by atoms with Crippen LogP contribution in [0, 0.1) is 33.1 Å². The molecule has 2 N–H and O–H groups in total. The van der Waals surface area contributed by atoms with Crippen molar-refractivity contribution in [2.75, 3.05) is 6.54 Å².